The maximum absolute atomic E-state index is 15.6. The molecule has 0 aromatic carbocycles. The molecule has 4 N–H and O–H groups in total. The second-order valence-corrected chi connectivity index (χ2v) is 10.9. The number of rotatable bonds is 7. The Labute approximate surface area is 222 Å². The van der Waals surface area contributed by atoms with Crippen LogP contribution in [0.4, 0.5) is 20.2 Å². The number of halogens is 2. The lowest BCUT2D eigenvalue weighted by Gasteiger charge is -2.28. The summed E-state index contributed by atoms with van der Waals surface area (Å²) in [6, 6.07) is 3.38. The number of anilines is 2. The van der Waals surface area contributed by atoms with Gasteiger partial charge >= 0.3 is 5.92 Å². The lowest BCUT2D eigenvalue weighted by molar-refractivity contribution is -0.166. The van der Waals surface area contributed by atoms with Crippen molar-refractivity contribution >= 4 is 39.5 Å². The van der Waals surface area contributed by atoms with Crippen LogP contribution in [0.25, 0.3) is 21.3 Å². The van der Waals surface area contributed by atoms with Gasteiger partial charge < -0.3 is 25.3 Å². The molecule has 0 fully saturated rings. The molecule has 0 saturated heterocycles. The summed E-state index contributed by atoms with van der Waals surface area (Å²) >= 11 is 0.839. The standard InChI is InChI=1S/C27H31F2N5O3S/c1-8-30-24(35)18-11-16-17(12-34(7)25(36)21(16)32-18)22-20(33-19-13(2)9-10-31-15(19)4)14(3)23(38-22)27(28,29)26(5,6)37/h9-12,32-33,37H,8H2,1-7H3,(H,30,35). The Kier molecular flexibility index (Phi) is 6.96. The number of thiophene rings is 1. The van der Waals surface area contributed by atoms with Crippen LogP contribution in [0.5, 0.6) is 0 Å². The van der Waals surface area contributed by atoms with Gasteiger partial charge in [0.2, 0.25) is 0 Å². The van der Waals surface area contributed by atoms with Gasteiger partial charge in [0.15, 0.2) is 0 Å². The van der Waals surface area contributed by atoms with Crippen LogP contribution >= 0.6 is 11.3 Å². The maximum Gasteiger partial charge on any atom is 0.309 e. The van der Waals surface area contributed by atoms with Crippen molar-refractivity contribution in [3.05, 3.63) is 62.3 Å². The zero-order valence-corrected chi connectivity index (χ0v) is 23.2. The first-order chi connectivity index (χ1) is 17.7. The number of pyridine rings is 2. The summed E-state index contributed by atoms with van der Waals surface area (Å²) in [5, 5.41) is 16.8. The van der Waals surface area contributed by atoms with Crippen molar-refractivity contribution in [3.63, 3.8) is 0 Å². The molecule has 0 saturated carbocycles. The molecule has 4 aromatic rings. The topological polar surface area (TPSA) is 112 Å². The molecule has 0 radical (unpaired) electrons. The highest BCUT2D eigenvalue weighted by Gasteiger charge is 2.50. The van der Waals surface area contributed by atoms with E-state index >= 15 is 8.78 Å². The van der Waals surface area contributed by atoms with E-state index in [1.165, 1.54) is 4.57 Å². The SMILES string of the molecule is CCNC(=O)c1cc2c(-c3sc(C(F)(F)C(C)(C)O)c(C)c3Nc3c(C)ccnc3C)cn(C)c(=O)c2[nH]1. The second kappa shape index (κ2) is 9.63. The number of nitrogens with zero attached hydrogens (tertiary/aromatic N) is 2. The highest BCUT2D eigenvalue weighted by atomic mass is 32.1. The average molecular weight is 544 g/mol. The number of hydrogen-bond acceptors (Lipinski definition) is 6. The number of aliphatic hydroxyl groups is 1. The Bertz CT molecular complexity index is 1590. The first kappa shape index (κ1) is 27.5. The fourth-order valence-corrected chi connectivity index (χ4v) is 5.75. The predicted octanol–water partition coefficient (Wildman–Crippen LogP) is 5.27. The van der Waals surface area contributed by atoms with Gasteiger partial charge in [-0.2, -0.15) is 8.78 Å². The van der Waals surface area contributed by atoms with E-state index < -0.39 is 11.5 Å². The molecular formula is C27H31F2N5O3S. The van der Waals surface area contributed by atoms with Crippen molar-refractivity contribution in [1.29, 1.82) is 0 Å². The van der Waals surface area contributed by atoms with E-state index in [-0.39, 0.29) is 33.1 Å². The Hall–Kier alpha value is -3.57. The van der Waals surface area contributed by atoms with Gasteiger partial charge in [0, 0.05) is 36.9 Å². The molecule has 0 bridgehead atoms. The zero-order chi connectivity index (χ0) is 28.2. The van der Waals surface area contributed by atoms with Crippen LogP contribution in [0, 0.1) is 20.8 Å². The van der Waals surface area contributed by atoms with E-state index in [1.54, 1.807) is 39.4 Å². The molecule has 4 rings (SSSR count). The normalized spacial score (nSPS) is 12.3. The molecule has 0 aliphatic rings. The van der Waals surface area contributed by atoms with Crippen molar-refractivity contribution in [2.75, 3.05) is 11.9 Å². The number of aromatic nitrogens is 3. The third-order valence-corrected chi connectivity index (χ3v) is 7.99. The first-order valence-electron chi connectivity index (χ1n) is 12.1. The molecule has 1 amide bonds. The van der Waals surface area contributed by atoms with E-state index in [0.717, 1.165) is 30.7 Å². The molecule has 0 spiro atoms. The number of aryl methyl sites for hydroxylation is 3. The summed E-state index contributed by atoms with van der Waals surface area (Å²) in [6.45, 7) is 9.61. The first-order valence-corrected chi connectivity index (χ1v) is 12.9. The highest BCUT2D eigenvalue weighted by Crippen LogP contribution is 2.52. The summed E-state index contributed by atoms with van der Waals surface area (Å²) in [5.74, 6) is -3.95. The van der Waals surface area contributed by atoms with Gasteiger partial charge in [-0.1, -0.05) is 0 Å². The molecule has 0 atom stereocenters. The minimum atomic E-state index is -3.57. The molecule has 11 heteroatoms. The number of aromatic amines is 1. The van der Waals surface area contributed by atoms with Crippen molar-refractivity contribution in [2.24, 2.45) is 7.05 Å². The van der Waals surface area contributed by atoms with Crippen LogP contribution in [-0.2, 0) is 13.0 Å². The smallest absolute Gasteiger partial charge is 0.309 e. The monoisotopic (exact) mass is 543 g/mol. The lowest BCUT2D eigenvalue weighted by Crippen LogP contribution is -2.40. The van der Waals surface area contributed by atoms with E-state index in [0.29, 0.717) is 39.4 Å². The third-order valence-electron chi connectivity index (χ3n) is 6.59. The molecule has 38 heavy (non-hydrogen) atoms. The van der Waals surface area contributed by atoms with Crippen LogP contribution < -0.4 is 16.2 Å². The fourth-order valence-electron chi connectivity index (χ4n) is 4.33. The number of alkyl halides is 2. The summed E-state index contributed by atoms with van der Waals surface area (Å²) in [6.07, 6.45) is 3.25. The largest absolute Gasteiger partial charge is 0.384 e. The third kappa shape index (κ3) is 4.49. The van der Waals surface area contributed by atoms with Gasteiger partial charge in [-0.25, -0.2) is 0 Å². The van der Waals surface area contributed by atoms with Crippen molar-refractivity contribution in [2.45, 2.75) is 53.1 Å². The molecule has 4 aromatic heterocycles. The zero-order valence-electron chi connectivity index (χ0n) is 22.3. The molecule has 0 unspecified atom stereocenters. The van der Waals surface area contributed by atoms with Gasteiger partial charge in [0.05, 0.1) is 26.8 Å². The second-order valence-electron chi connectivity index (χ2n) is 9.90. The number of fused-ring (bicyclic) bond motifs is 1. The van der Waals surface area contributed by atoms with Crippen LogP contribution in [0.15, 0.2) is 29.3 Å². The van der Waals surface area contributed by atoms with Crippen LogP contribution in [0.3, 0.4) is 0 Å². The molecule has 202 valence electrons. The molecule has 4 heterocycles. The van der Waals surface area contributed by atoms with E-state index in [2.05, 4.69) is 20.6 Å². The number of carbonyl (C=O) groups excluding carboxylic acids is 1. The molecule has 8 nitrogen and oxygen atoms in total. The van der Waals surface area contributed by atoms with Crippen LogP contribution in [0.2, 0.25) is 0 Å². The number of amides is 1. The molecule has 0 aliphatic carbocycles. The van der Waals surface area contributed by atoms with Crippen molar-refractivity contribution in [1.82, 2.24) is 19.9 Å². The molecule has 0 aliphatic heterocycles. The molecular weight excluding hydrogens is 512 g/mol. The fraction of sp³-hybridized carbons (Fsp3) is 0.370. The van der Waals surface area contributed by atoms with Gasteiger partial charge in [0.25, 0.3) is 11.5 Å². The quantitative estimate of drug-likeness (QED) is 0.254. The Morgan fingerprint density at radius 1 is 1.24 bits per heavy atom. The van der Waals surface area contributed by atoms with E-state index in [4.69, 9.17) is 0 Å². The summed E-state index contributed by atoms with van der Waals surface area (Å²) < 4.78 is 32.5. The minimum absolute atomic E-state index is 0.188. The minimum Gasteiger partial charge on any atom is -0.384 e. The Morgan fingerprint density at radius 2 is 1.92 bits per heavy atom. The van der Waals surface area contributed by atoms with Crippen LogP contribution in [-0.4, -0.2) is 37.7 Å². The van der Waals surface area contributed by atoms with Crippen LogP contribution in [0.1, 0.15) is 53.0 Å². The average Bonchev–Trinajstić information content (AvgIpc) is 3.41. The number of hydrogen-bond donors (Lipinski definition) is 4. The van der Waals surface area contributed by atoms with Gasteiger partial charge in [-0.15, -0.1) is 11.3 Å². The lowest BCUT2D eigenvalue weighted by atomic mass is 9.96. The van der Waals surface area contributed by atoms with E-state index in [9.17, 15) is 14.7 Å². The summed E-state index contributed by atoms with van der Waals surface area (Å²) in [4.78, 5) is 32.9. The number of nitrogens with one attached hydrogen (secondary N) is 3. The van der Waals surface area contributed by atoms with Crippen molar-refractivity contribution in [3.8, 4) is 10.4 Å². The Morgan fingerprint density at radius 3 is 2.53 bits per heavy atom. The van der Waals surface area contributed by atoms with Gasteiger partial charge in [-0.05, 0) is 64.8 Å². The maximum atomic E-state index is 15.6. The Balaban J connectivity index is 2.06. The highest BCUT2D eigenvalue weighted by molar-refractivity contribution is 7.16. The van der Waals surface area contributed by atoms with Gasteiger partial charge in [-0.3, -0.25) is 14.6 Å². The predicted molar refractivity (Wildman–Crippen MR) is 147 cm³/mol. The van der Waals surface area contributed by atoms with Gasteiger partial charge in [0.1, 0.15) is 16.8 Å². The number of H-pyrrole nitrogens is 1. The number of carbonyl (C=O) groups is 1. The van der Waals surface area contributed by atoms with E-state index in [1.807, 2.05) is 19.9 Å². The summed E-state index contributed by atoms with van der Waals surface area (Å²) in [5.41, 5.74) is 1.09. The summed E-state index contributed by atoms with van der Waals surface area (Å²) in [7, 11) is 1.56. The van der Waals surface area contributed by atoms with Crippen molar-refractivity contribution < 1.29 is 18.7 Å².